The zero-order valence-electron chi connectivity index (χ0n) is 19.9. The highest BCUT2D eigenvalue weighted by atomic mass is 32.2. The lowest BCUT2D eigenvalue weighted by molar-refractivity contribution is 0.351. The van der Waals surface area contributed by atoms with Crippen molar-refractivity contribution in [2.45, 2.75) is 23.3 Å². The van der Waals surface area contributed by atoms with Crippen LogP contribution < -0.4 is 18.4 Å². The maximum Gasteiger partial charge on any atom is 0.339 e. The fourth-order valence-electron chi connectivity index (χ4n) is 3.77. The van der Waals surface area contributed by atoms with E-state index < -0.39 is 20.1 Å². The van der Waals surface area contributed by atoms with Gasteiger partial charge < -0.3 is 13.7 Å². The quantitative estimate of drug-likeness (QED) is 0.321. The molecule has 0 saturated heterocycles. The average Bonchev–Trinajstić information content (AvgIpc) is 2.87. The monoisotopic (exact) mass is 527 g/mol. The summed E-state index contributed by atoms with van der Waals surface area (Å²) < 4.78 is 70.9. The number of hydrogen-bond acceptors (Lipinski definition) is 7. The van der Waals surface area contributed by atoms with E-state index >= 15 is 0 Å². The highest BCUT2D eigenvalue weighted by molar-refractivity contribution is 7.89. The Kier molecular flexibility index (Phi) is 7.21. The summed E-state index contributed by atoms with van der Waals surface area (Å²) in [5.74, 6) is 0.938. The first-order valence-corrected chi connectivity index (χ1v) is 13.8. The molecule has 0 fully saturated rings. The Morgan fingerprint density at radius 3 is 2.06 bits per heavy atom. The lowest BCUT2D eigenvalue weighted by atomic mass is 10.1. The molecule has 0 aromatic heterocycles. The maximum atomic E-state index is 13.3. The Morgan fingerprint density at radius 1 is 0.722 bits per heavy atom. The molecule has 4 aromatic carbocycles. The van der Waals surface area contributed by atoms with E-state index in [4.69, 9.17) is 13.7 Å². The normalized spacial score (nSPS) is 11.9. The van der Waals surface area contributed by atoms with Gasteiger partial charge in [0.05, 0.1) is 19.1 Å². The first-order valence-electron chi connectivity index (χ1n) is 10.9. The van der Waals surface area contributed by atoms with Crippen LogP contribution in [0.3, 0.4) is 0 Å². The van der Waals surface area contributed by atoms with Crippen molar-refractivity contribution >= 4 is 30.9 Å². The number of methoxy groups -OCH3 is 2. The van der Waals surface area contributed by atoms with Crippen molar-refractivity contribution in [1.82, 2.24) is 4.72 Å². The first kappa shape index (κ1) is 25.5. The number of rotatable bonds is 9. The van der Waals surface area contributed by atoms with E-state index in [1.54, 1.807) is 48.5 Å². The van der Waals surface area contributed by atoms with Gasteiger partial charge in [-0.25, -0.2) is 13.1 Å². The van der Waals surface area contributed by atoms with Gasteiger partial charge in [0.25, 0.3) is 0 Å². The minimum absolute atomic E-state index is 0.00258. The standard InChI is InChI=1S/C26H25NO7S2/c1-18-13-15-20(16-14-18)36(30,31)34-23-10-5-9-22-21(23)8-6-12-25(22)35(28,29)27-17-19-7-4-11-24(32-2)26(19)33-3/h4-16,27H,17H2,1-3H3. The lowest BCUT2D eigenvalue weighted by Crippen LogP contribution is -2.23. The zero-order valence-corrected chi connectivity index (χ0v) is 21.5. The summed E-state index contributed by atoms with van der Waals surface area (Å²) in [7, 11) is -5.14. The van der Waals surface area contributed by atoms with Gasteiger partial charge in [-0.1, -0.05) is 54.1 Å². The van der Waals surface area contributed by atoms with Crippen LogP contribution in [0.2, 0.25) is 0 Å². The fourth-order valence-corrected chi connectivity index (χ4v) is 5.95. The molecule has 8 nitrogen and oxygen atoms in total. The number of hydrogen-bond donors (Lipinski definition) is 1. The minimum atomic E-state index is -4.12. The molecule has 0 unspecified atom stereocenters. The largest absolute Gasteiger partial charge is 0.493 e. The van der Waals surface area contributed by atoms with Gasteiger partial charge in [0, 0.05) is 22.9 Å². The third-order valence-corrected chi connectivity index (χ3v) is 8.29. The van der Waals surface area contributed by atoms with Crippen molar-refractivity contribution in [3.63, 3.8) is 0 Å². The number of nitrogens with one attached hydrogen (secondary N) is 1. The second-order valence-electron chi connectivity index (χ2n) is 7.94. The number of para-hydroxylation sites is 1. The van der Waals surface area contributed by atoms with Crippen LogP contribution in [0.4, 0.5) is 0 Å². The summed E-state index contributed by atoms with van der Waals surface area (Å²) in [5.41, 5.74) is 1.50. The van der Waals surface area contributed by atoms with Crippen LogP contribution in [0, 0.1) is 6.92 Å². The Morgan fingerprint density at radius 2 is 1.36 bits per heavy atom. The molecule has 0 saturated carbocycles. The van der Waals surface area contributed by atoms with Gasteiger partial charge in [-0.15, -0.1) is 0 Å². The molecule has 0 spiro atoms. The Balaban J connectivity index is 1.67. The Labute approximate surface area is 210 Å². The molecule has 0 heterocycles. The molecule has 0 aliphatic heterocycles. The van der Waals surface area contributed by atoms with Crippen LogP contribution in [-0.4, -0.2) is 31.1 Å². The highest BCUT2D eigenvalue weighted by Gasteiger charge is 2.22. The number of fused-ring (bicyclic) bond motifs is 1. The zero-order chi connectivity index (χ0) is 25.9. The predicted octanol–water partition coefficient (Wildman–Crippen LogP) is 4.41. The second kappa shape index (κ2) is 10.2. The average molecular weight is 528 g/mol. The summed E-state index contributed by atoms with van der Waals surface area (Å²) in [6.45, 7) is 1.80. The van der Waals surface area contributed by atoms with Gasteiger partial charge in [-0.05, 0) is 37.3 Å². The molecule has 4 aromatic rings. The minimum Gasteiger partial charge on any atom is -0.493 e. The number of ether oxygens (including phenoxy) is 2. The molecule has 4 rings (SSSR count). The molecule has 188 valence electrons. The molecular formula is C26H25NO7S2. The van der Waals surface area contributed by atoms with Gasteiger partial charge in [0.2, 0.25) is 10.0 Å². The van der Waals surface area contributed by atoms with Crippen molar-refractivity contribution in [3.05, 3.63) is 90.0 Å². The van der Waals surface area contributed by atoms with Crippen molar-refractivity contribution in [3.8, 4) is 17.2 Å². The van der Waals surface area contributed by atoms with E-state index in [0.717, 1.165) is 5.56 Å². The van der Waals surface area contributed by atoms with Crippen LogP contribution >= 0.6 is 0 Å². The Hall–Kier alpha value is -3.60. The van der Waals surface area contributed by atoms with Crippen molar-refractivity contribution in [1.29, 1.82) is 0 Å². The van der Waals surface area contributed by atoms with E-state index in [-0.39, 0.29) is 22.1 Å². The summed E-state index contributed by atoms with van der Waals surface area (Å²) in [6.07, 6.45) is 0. The van der Waals surface area contributed by atoms with Crippen molar-refractivity contribution in [2.75, 3.05) is 14.2 Å². The number of benzene rings is 4. The first-order chi connectivity index (χ1) is 17.2. The highest BCUT2D eigenvalue weighted by Crippen LogP contribution is 2.33. The van der Waals surface area contributed by atoms with Crippen molar-refractivity contribution < 1.29 is 30.5 Å². The summed E-state index contributed by atoms with van der Waals surface area (Å²) in [4.78, 5) is -0.0113. The molecule has 1 N–H and O–H groups in total. The fraction of sp³-hybridized carbons (Fsp3) is 0.154. The van der Waals surface area contributed by atoms with E-state index in [1.807, 2.05) is 6.92 Å². The maximum absolute atomic E-state index is 13.3. The molecule has 36 heavy (non-hydrogen) atoms. The molecule has 0 radical (unpaired) electrons. The van der Waals surface area contributed by atoms with Gasteiger partial charge in [-0.3, -0.25) is 0 Å². The van der Waals surface area contributed by atoms with Crippen LogP contribution in [0.5, 0.6) is 17.2 Å². The lowest BCUT2D eigenvalue weighted by Gasteiger charge is -2.15. The Bertz CT molecular complexity index is 1610. The second-order valence-corrected chi connectivity index (χ2v) is 11.2. The third-order valence-electron chi connectivity index (χ3n) is 5.58. The van der Waals surface area contributed by atoms with Crippen LogP contribution in [0.1, 0.15) is 11.1 Å². The molecule has 0 atom stereocenters. The number of sulfonamides is 1. The van der Waals surface area contributed by atoms with E-state index in [2.05, 4.69) is 4.72 Å². The topological polar surface area (TPSA) is 108 Å². The smallest absolute Gasteiger partial charge is 0.339 e. The molecule has 0 aliphatic rings. The van der Waals surface area contributed by atoms with Gasteiger partial charge in [0.15, 0.2) is 17.2 Å². The molecular weight excluding hydrogens is 502 g/mol. The molecule has 0 aliphatic carbocycles. The molecule has 0 bridgehead atoms. The van der Waals surface area contributed by atoms with Gasteiger partial charge in [-0.2, -0.15) is 8.42 Å². The van der Waals surface area contributed by atoms with Crippen LogP contribution in [-0.2, 0) is 26.7 Å². The SMILES string of the molecule is COc1cccc(CNS(=O)(=O)c2cccc3c(OS(=O)(=O)c4ccc(C)cc4)cccc23)c1OC. The van der Waals surface area contributed by atoms with E-state index in [0.29, 0.717) is 27.8 Å². The van der Waals surface area contributed by atoms with E-state index in [9.17, 15) is 16.8 Å². The number of aryl methyl sites for hydroxylation is 1. The van der Waals surface area contributed by atoms with Crippen LogP contribution in [0.25, 0.3) is 10.8 Å². The summed E-state index contributed by atoms with van der Waals surface area (Å²) in [5, 5.41) is 0.661. The summed E-state index contributed by atoms with van der Waals surface area (Å²) in [6, 6.07) is 20.7. The predicted molar refractivity (Wildman–Crippen MR) is 137 cm³/mol. The summed E-state index contributed by atoms with van der Waals surface area (Å²) >= 11 is 0. The van der Waals surface area contributed by atoms with Gasteiger partial charge >= 0.3 is 10.1 Å². The van der Waals surface area contributed by atoms with E-state index in [1.165, 1.54) is 44.6 Å². The third kappa shape index (κ3) is 5.15. The van der Waals surface area contributed by atoms with Gasteiger partial charge in [0.1, 0.15) is 4.90 Å². The van der Waals surface area contributed by atoms with Crippen molar-refractivity contribution in [2.24, 2.45) is 0 Å². The van der Waals surface area contributed by atoms with Crippen LogP contribution in [0.15, 0.2) is 88.7 Å². The molecule has 0 amide bonds. The molecule has 10 heteroatoms.